The number of hydrogen-bond acceptors (Lipinski definition) is 5. The minimum atomic E-state index is -1.04. The van der Waals surface area contributed by atoms with Gasteiger partial charge in [0, 0.05) is 37.1 Å². The molecule has 160 valence electrons. The molecule has 1 aliphatic carbocycles. The average Bonchev–Trinajstić information content (AvgIpc) is 3.46. The maximum Gasteiger partial charge on any atom is 0.311 e. The van der Waals surface area contributed by atoms with Crippen LogP contribution in [0.2, 0.25) is 0 Å². The Morgan fingerprint density at radius 1 is 1.23 bits per heavy atom. The van der Waals surface area contributed by atoms with Crippen molar-refractivity contribution in [3.05, 3.63) is 36.1 Å². The van der Waals surface area contributed by atoms with E-state index in [-0.39, 0.29) is 24.8 Å². The first kappa shape index (κ1) is 20.4. The Bertz CT molecular complexity index is 901. The summed E-state index contributed by atoms with van der Waals surface area (Å²) >= 11 is 0. The number of benzene rings is 1. The van der Waals surface area contributed by atoms with Gasteiger partial charge in [0.05, 0.1) is 12.5 Å². The summed E-state index contributed by atoms with van der Waals surface area (Å²) in [5.41, 5.74) is 0.489. The Balaban J connectivity index is 1.51. The summed E-state index contributed by atoms with van der Waals surface area (Å²) in [4.78, 5) is 27.0. The fourth-order valence-corrected chi connectivity index (χ4v) is 4.77. The molecule has 2 aromatic rings. The van der Waals surface area contributed by atoms with Gasteiger partial charge in [-0.25, -0.2) is 0 Å². The molecule has 2 fully saturated rings. The predicted octanol–water partition coefficient (Wildman–Crippen LogP) is 3.78. The van der Waals surface area contributed by atoms with Gasteiger partial charge in [-0.3, -0.25) is 9.59 Å². The van der Waals surface area contributed by atoms with Crippen LogP contribution >= 0.6 is 0 Å². The van der Waals surface area contributed by atoms with Crippen molar-refractivity contribution >= 4 is 11.9 Å². The van der Waals surface area contributed by atoms with Gasteiger partial charge in [-0.1, -0.05) is 18.0 Å². The minimum Gasteiger partial charge on any atom is -0.497 e. The standard InChI is InChI=1S/C23H28N2O5/c1-29-18-9-7-16(8-10-18)20-13-19(30-24-20)14-23(22(27)28)11-4-12-25(15-23)21(26)17-5-2-3-6-17/h7-10,13,17H,2-6,11-12,14-15H2,1H3,(H,27,28)/t23-/m0/s1. The summed E-state index contributed by atoms with van der Waals surface area (Å²) in [6, 6.07) is 9.25. The number of methoxy groups -OCH3 is 1. The second-order valence-electron chi connectivity index (χ2n) is 8.51. The summed E-state index contributed by atoms with van der Waals surface area (Å²) in [6.45, 7) is 0.869. The van der Waals surface area contributed by atoms with E-state index in [0.29, 0.717) is 30.8 Å². The number of rotatable bonds is 6. The number of carboxylic acid groups (broad SMARTS) is 1. The number of piperidine rings is 1. The van der Waals surface area contributed by atoms with Gasteiger partial charge in [0.15, 0.2) is 0 Å². The molecule has 0 spiro atoms. The number of aromatic nitrogens is 1. The summed E-state index contributed by atoms with van der Waals surface area (Å²) in [5, 5.41) is 14.2. The topological polar surface area (TPSA) is 92.9 Å². The van der Waals surface area contributed by atoms with E-state index in [1.54, 1.807) is 18.1 Å². The van der Waals surface area contributed by atoms with Gasteiger partial charge in [0.2, 0.25) is 5.91 Å². The molecule has 1 aromatic heterocycles. The molecule has 1 N–H and O–H groups in total. The monoisotopic (exact) mass is 412 g/mol. The number of nitrogens with zero attached hydrogens (tertiary/aromatic N) is 2. The van der Waals surface area contributed by atoms with Crippen LogP contribution in [-0.2, 0) is 16.0 Å². The molecule has 0 bridgehead atoms. The van der Waals surface area contributed by atoms with E-state index in [4.69, 9.17) is 9.26 Å². The fraction of sp³-hybridized carbons (Fsp3) is 0.522. The van der Waals surface area contributed by atoms with Crippen molar-refractivity contribution in [1.29, 1.82) is 0 Å². The van der Waals surface area contributed by atoms with Crippen molar-refractivity contribution < 1.29 is 24.0 Å². The summed E-state index contributed by atoms with van der Waals surface area (Å²) < 4.78 is 10.7. The van der Waals surface area contributed by atoms with Gasteiger partial charge < -0.3 is 19.3 Å². The van der Waals surface area contributed by atoms with E-state index in [9.17, 15) is 14.7 Å². The summed E-state index contributed by atoms with van der Waals surface area (Å²) in [5.74, 6) is 0.574. The normalized spacial score (nSPS) is 22.2. The molecular formula is C23H28N2O5. The third-order valence-corrected chi connectivity index (χ3v) is 6.50. The molecular weight excluding hydrogens is 384 g/mol. The van der Waals surface area contributed by atoms with Gasteiger partial charge >= 0.3 is 5.97 Å². The number of ether oxygens (including phenoxy) is 1. The van der Waals surface area contributed by atoms with Crippen molar-refractivity contribution in [2.45, 2.75) is 44.9 Å². The fourth-order valence-electron chi connectivity index (χ4n) is 4.77. The van der Waals surface area contributed by atoms with Gasteiger partial charge in [-0.15, -0.1) is 0 Å². The molecule has 1 aliphatic heterocycles. The van der Waals surface area contributed by atoms with Gasteiger partial charge in [0.25, 0.3) is 0 Å². The molecule has 1 aromatic carbocycles. The van der Waals surface area contributed by atoms with Crippen molar-refractivity contribution in [1.82, 2.24) is 10.1 Å². The molecule has 1 saturated heterocycles. The van der Waals surface area contributed by atoms with Gasteiger partial charge in [-0.05, 0) is 49.9 Å². The van der Waals surface area contributed by atoms with Crippen molar-refractivity contribution in [3.8, 4) is 17.0 Å². The first-order valence-electron chi connectivity index (χ1n) is 10.6. The molecule has 2 heterocycles. The average molecular weight is 412 g/mol. The highest BCUT2D eigenvalue weighted by molar-refractivity contribution is 5.81. The molecule has 1 saturated carbocycles. The van der Waals surface area contributed by atoms with Crippen LogP contribution in [-0.4, -0.2) is 47.2 Å². The maximum absolute atomic E-state index is 12.9. The number of hydrogen-bond donors (Lipinski definition) is 1. The van der Waals surface area contributed by atoms with Crippen LogP contribution in [0, 0.1) is 11.3 Å². The highest BCUT2D eigenvalue weighted by atomic mass is 16.5. The number of carboxylic acids is 1. The van der Waals surface area contributed by atoms with Crippen LogP contribution in [0.15, 0.2) is 34.9 Å². The number of aliphatic carboxylic acids is 1. The third kappa shape index (κ3) is 4.06. The number of carbonyl (C=O) groups excluding carboxylic acids is 1. The molecule has 0 radical (unpaired) electrons. The van der Waals surface area contributed by atoms with Crippen LogP contribution in [0.3, 0.4) is 0 Å². The zero-order valence-electron chi connectivity index (χ0n) is 17.3. The molecule has 7 nitrogen and oxygen atoms in total. The Kier molecular flexibility index (Phi) is 5.79. The molecule has 30 heavy (non-hydrogen) atoms. The van der Waals surface area contributed by atoms with Crippen LogP contribution < -0.4 is 4.74 Å². The molecule has 1 amide bonds. The lowest BCUT2D eigenvalue weighted by molar-refractivity contribution is -0.156. The Hall–Kier alpha value is -2.83. The van der Waals surface area contributed by atoms with Crippen LogP contribution in [0.1, 0.15) is 44.3 Å². The van der Waals surface area contributed by atoms with Crippen molar-refractivity contribution in [2.24, 2.45) is 11.3 Å². The van der Waals surface area contributed by atoms with E-state index >= 15 is 0 Å². The largest absolute Gasteiger partial charge is 0.497 e. The second-order valence-corrected chi connectivity index (χ2v) is 8.51. The van der Waals surface area contributed by atoms with Gasteiger partial charge in [0.1, 0.15) is 17.2 Å². The van der Waals surface area contributed by atoms with Crippen molar-refractivity contribution in [2.75, 3.05) is 20.2 Å². The zero-order chi connectivity index (χ0) is 21.1. The van der Waals surface area contributed by atoms with Gasteiger partial charge in [-0.2, -0.15) is 0 Å². The highest BCUT2D eigenvalue weighted by Gasteiger charge is 2.45. The third-order valence-electron chi connectivity index (χ3n) is 6.50. The van der Waals surface area contributed by atoms with Crippen molar-refractivity contribution in [3.63, 3.8) is 0 Å². The van der Waals surface area contributed by atoms with E-state index in [1.807, 2.05) is 24.3 Å². The Morgan fingerprint density at radius 3 is 2.63 bits per heavy atom. The first-order chi connectivity index (χ1) is 14.5. The molecule has 1 atom stereocenters. The lowest BCUT2D eigenvalue weighted by Gasteiger charge is -2.40. The minimum absolute atomic E-state index is 0.0570. The first-order valence-corrected chi connectivity index (χ1v) is 10.6. The number of carbonyl (C=O) groups is 2. The van der Waals surface area contributed by atoms with Crippen LogP contribution in [0.25, 0.3) is 11.3 Å². The Morgan fingerprint density at radius 2 is 1.97 bits per heavy atom. The number of likely N-dealkylation sites (tertiary alicyclic amines) is 1. The van der Waals surface area contributed by atoms with Crippen LogP contribution in [0.4, 0.5) is 0 Å². The summed E-state index contributed by atoms with van der Waals surface area (Å²) in [7, 11) is 1.61. The zero-order valence-corrected chi connectivity index (χ0v) is 17.3. The molecule has 4 rings (SSSR count). The van der Waals surface area contributed by atoms with E-state index in [2.05, 4.69) is 5.16 Å². The predicted molar refractivity (Wildman–Crippen MR) is 110 cm³/mol. The SMILES string of the molecule is COc1ccc(-c2cc(C[C@@]3(C(=O)O)CCCN(C(=O)C4CCCC4)C3)on2)cc1. The second kappa shape index (κ2) is 8.50. The Labute approximate surface area is 176 Å². The summed E-state index contributed by atoms with van der Waals surface area (Å²) in [6.07, 6.45) is 5.44. The lowest BCUT2D eigenvalue weighted by atomic mass is 9.76. The molecule has 0 unspecified atom stereocenters. The quantitative estimate of drug-likeness (QED) is 0.776. The van der Waals surface area contributed by atoms with E-state index in [0.717, 1.165) is 37.0 Å². The van der Waals surface area contributed by atoms with E-state index in [1.165, 1.54) is 0 Å². The highest BCUT2D eigenvalue weighted by Crippen LogP contribution is 2.37. The lowest BCUT2D eigenvalue weighted by Crippen LogP contribution is -2.52. The maximum atomic E-state index is 12.9. The molecule has 7 heteroatoms. The number of amides is 1. The molecule has 2 aliphatic rings. The smallest absolute Gasteiger partial charge is 0.311 e. The van der Waals surface area contributed by atoms with Crippen LogP contribution in [0.5, 0.6) is 5.75 Å². The van der Waals surface area contributed by atoms with E-state index < -0.39 is 11.4 Å².